The van der Waals surface area contributed by atoms with Crippen molar-refractivity contribution in [2.75, 3.05) is 0 Å². The summed E-state index contributed by atoms with van der Waals surface area (Å²) >= 11 is 3.35. The first-order valence-corrected chi connectivity index (χ1v) is 5.27. The second kappa shape index (κ2) is 4.65. The molecule has 0 saturated carbocycles. The van der Waals surface area contributed by atoms with Crippen LogP contribution < -0.4 is 5.69 Å². The Kier molecular flexibility index (Phi) is 3.70. The summed E-state index contributed by atoms with van der Waals surface area (Å²) in [7, 11) is 1.64. The Morgan fingerprint density at radius 3 is 2.25 bits per heavy atom. The number of halogens is 1. The van der Waals surface area contributed by atoms with Crippen molar-refractivity contribution in [2.45, 2.75) is 14.4 Å². The van der Waals surface area contributed by atoms with Crippen LogP contribution in [0.4, 0.5) is 0 Å². The van der Waals surface area contributed by atoms with Crippen LogP contribution in [-0.2, 0) is 7.05 Å². The molecule has 0 bridgehead atoms. The van der Waals surface area contributed by atoms with Gasteiger partial charge in [-0.3, -0.25) is 0 Å². The first kappa shape index (κ1) is 12.7. The Labute approximate surface area is 103 Å². The van der Waals surface area contributed by atoms with E-state index in [4.69, 9.17) is 0 Å². The molecule has 0 fully saturated rings. The summed E-state index contributed by atoms with van der Waals surface area (Å²) in [5, 5.41) is 4.06. The molecule has 0 N–H and O–H groups in total. The molecular formula is C11H14BrN3O. The molecule has 2 rings (SSSR count). The molecule has 2 aromatic rings. The van der Waals surface area contributed by atoms with Gasteiger partial charge in [0.05, 0.1) is 5.69 Å². The van der Waals surface area contributed by atoms with E-state index in [1.54, 1.807) is 11.6 Å². The highest BCUT2D eigenvalue weighted by molar-refractivity contribution is 9.10. The van der Waals surface area contributed by atoms with Gasteiger partial charge in [-0.2, -0.15) is 5.10 Å². The van der Waals surface area contributed by atoms with Crippen molar-refractivity contribution in [3.05, 3.63) is 45.0 Å². The van der Waals surface area contributed by atoms with Crippen LogP contribution in [0.2, 0.25) is 0 Å². The Morgan fingerprint density at radius 2 is 1.81 bits per heavy atom. The van der Waals surface area contributed by atoms with Crippen molar-refractivity contribution in [1.82, 2.24) is 14.3 Å². The van der Waals surface area contributed by atoms with Gasteiger partial charge in [0.1, 0.15) is 5.82 Å². The van der Waals surface area contributed by atoms with Gasteiger partial charge in [0.15, 0.2) is 0 Å². The average Bonchev–Trinajstić information content (AvgIpc) is 2.44. The lowest BCUT2D eigenvalue weighted by atomic mass is 10.3. The minimum absolute atomic E-state index is 0. The zero-order valence-electron chi connectivity index (χ0n) is 8.44. The number of rotatable bonds is 1. The molecule has 0 unspecified atom stereocenters. The third kappa shape index (κ3) is 2.09. The second-order valence-corrected chi connectivity index (χ2v) is 4.18. The Morgan fingerprint density at radius 1 is 1.25 bits per heavy atom. The minimum Gasteiger partial charge on any atom is -0.247 e. The van der Waals surface area contributed by atoms with Gasteiger partial charge >= 0.3 is 5.69 Å². The average molecular weight is 284 g/mol. The number of benzene rings is 1. The van der Waals surface area contributed by atoms with Gasteiger partial charge in [-0.05, 0) is 31.2 Å². The molecule has 1 aromatic carbocycles. The van der Waals surface area contributed by atoms with Crippen molar-refractivity contribution in [3.8, 4) is 5.69 Å². The lowest BCUT2D eigenvalue weighted by Gasteiger charge is -2.01. The number of hydrogen-bond acceptors (Lipinski definition) is 2. The molecule has 5 heteroatoms. The maximum Gasteiger partial charge on any atom is 0.350 e. The van der Waals surface area contributed by atoms with Crippen molar-refractivity contribution in [3.63, 3.8) is 0 Å². The highest BCUT2D eigenvalue weighted by Gasteiger charge is 2.08. The molecule has 0 aliphatic carbocycles. The fourth-order valence-corrected chi connectivity index (χ4v) is 1.74. The van der Waals surface area contributed by atoms with Gasteiger partial charge in [-0.25, -0.2) is 14.0 Å². The SMILES string of the molecule is C.Cc1nn(C)c(=O)n1-c1ccc(Br)cc1. The molecule has 0 atom stereocenters. The molecule has 0 spiro atoms. The number of hydrogen-bond donors (Lipinski definition) is 0. The largest absolute Gasteiger partial charge is 0.350 e. The molecule has 4 nitrogen and oxygen atoms in total. The number of aromatic nitrogens is 3. The molecule has 0 saturated heterocycles. The van der Waals surface area contributed by atoms with E-state index in [0.717, 1.165) is 10.2 Å². The van der Waals surface area contributed by atoms with E-state index in [1.165, 1.54) is 4.68 Å². The van der Waals surface area contributed by atoms with E-state index in [2.05, 4.69) is 21.0 Å². The summed E-state index contributed by atoms with van der Waals surface area (Å²) in [4.78, 5) is 11.7. The topological polar surface area (TPSA) is 39.8 Å². The van der Waals surface area contributed by atoms with Crippen LogP contribution in [0.25, 0.3) is 5.69 Å². The molecule has 0 aliphatic heterocycles. The molecule has 1 heterocycles. The second-order valence-electron chi connectivity index (χ2n) is 3.27. The summed E-state index contributed by atoms with van der Waals surface area (Å²) in [6, 6.07) is 7.54. The molecule has 1 aromatic heterocycles. The lowest BCUT2D eigenvalue weighted by Crippen LogP contribution is -2.21. The standard InChI is InChI=1S/C10H10BrN3O.CH4/c1-7-12-13(2)10(15)14(7)9-5-3-8(11)4-6-9;/h3-6H,1-2H3;1H4. The van der Waals surface area contributed by atoms with E-state index < -0.39 is 0 Å². The summed E-state index contributed by atoms with van der Waals surface area (Å²) in [6.07, 6.45) is 0. The van der Waals surface area contributed by atoms with E-state index in [-0.39, 0.29) is 13.1 Å². The number of aryl methyl sites for hydroxylation is 2. The summed E-state index contributed by atoms with van der Waals surface area (Å²) in [5.74, 6) is 0.685. The smallest absolute Gasteiger partial charge is 0.247 e. The molecule has 0 radical (unpaired) electrons. The van der Waals surface area contributed by atoms with Crippen LogP contribution in [0.1, 0.15) is 13.3 Å². The van der Waals surface area contributed by atoms with Crippen molar-refractivity contribution >= 4 is 15.9 Å². The van der Waals surface area contributed by atoms with Crippen molar-refractivity contribution in [2.24, 2.45) is 7.05 Å². The summed E-state index contributed by atoms with van der Waals surface area (Å²) < 4.78 is 3.89. The van der Waals surface area contributed by atoms with Gasteiger partial charge in [-0.15, -0.1) is 0 Å². The highest BCUT2D eigenvalue weighted by Crippen LogP contribution is 2.13. The Bertz CT molecular complexity index is 539. The quantitative estimate of drug-likeness (QED) is 0.806. The molecule has 0 aliphatic rings. The minimum atomic E-state index is -0.130. The lowest BCUT2D eigenvalue weighted by molar-refractivity contribution is 0.723. The van der Waals surface area contributed by atoms with E-state index in [1.807, 2.05) is 31.2 Å². The Hall–Kier alpha value is -1.36. The third-order valence-electron chi connectivity index (χ3n) is 2.17. The van der Waals surface area contributed by atoms with Gasteiger partial charge in [-0.1, -0.05) is 23.4 Å². The molecule has 16 heavy (non-hydrogen) atoms. The fourth-order valence-electron chi connectivity index (χ4n) is 1.48. The zero-order chi connectivity index (χ0) is 11.0. The number of nitrogens with zero attached hydrogens (tertiary/aromatic N) is 3. The van der Waals surface area contributed by atoms with Crippen LogP contribution in [0.15, 0.2) is 33.5 Å². The zero-order valence-corrected chi connectivity index (χ0v) is 10.0. The summed E-state index contributed by atoms with van der Waals surface area (Å²) in [5.41, 5.74) is 0.698. The predicted octanol–water partition coefficient (Wildman–Crippen LogP) is 2.28. The van der Waals surface area contributed by atoms with Crippen LogP contribution in [0, 0.1) is 6.92 Å². The van der Waals surface area contributed by atoms with Crippen LogP contribution in [0.5, 0.6) is 0 Å². The molecule has 86 valence electrons. The Balaban J connectivity index is 0.00000128. The first-order chi connectivity index (χ1) is 7.09. The van der Waals surface area contributed by atoms with Gasteiger partial charge in [0.2, 0.25) is 0 Å². The maximum absolute atomic E-state index is 11.7. The van der Waals surface area contributed by atoms with E-state index in [9.17, 15) is 4.79 Å². The molecular weight excluding hydrogens is 270 g/mol. The summed E-state index contributed by atoms with van der Waals surface area (Å²) in [6.45, 7) is 1.81. The highest BCUT2D eigenvalue weighted by atomic mass is 79.9. The predicted molar refractivity (Wildman–Crippen MR) is 68.0 cm³/mol. The van der Waals surface area contributed by atoms with Crippen LogP contribution in [0.3, 0.4) is 0 Å². The normalized spacial score (nSPS) is 9.94. The fraction of sp³-hybridized carbons (Fsp3) is 0.273. The van der Waals surface area contributed by atoms with E-state index >= 15 is 0 Å². The van der Waals surface area contributed by atoms with Crippen LogP contribution >= 0.6 is 15.9 Å². The van der Waals surface area contributed by atoms with Gasteiger partial charge < -0.3 is 0 Å². The van der Waals surface area contributed by atoms with Crippen LogP contribution in [-0.4, -0.2) is 14.3 Å². The van der Waals surface area contributed by atoms with Gasteiger partial charge in [0, 0.05) is 11.5 Å². The first-order valence-electron chi connectivity index (χ1n) is 4.48. The molecule has 0 amide bonds. The van der Waals surface area contributed by atoms with Gasteiger partial charge in [0.25, 0.3) is 0 Å². The maximum atomic E-state index is 11.7. The monoisotopic (exact) mass is 283 g/mol. The van der Waals surface area contributed by atoms with Crippen molar-refractivity contribution in [1.29, 1.82) is 0 Å². The third-order valence-corrected chi connectivity index (χ3v) is 2.70. The van der Waals surface area contributed by atoms with Crippen molar-refractivity contribution < 1.29 is 0 Å². The van der Waals surface area contributed by atoms with E-state index in [0.29, 0.717) is 5.82 Å².